The Labute approximate surface area is 207 Å². The van der Waals surface area contributed by atoms with E-state index in [1.807, 2.05) is 31.2 Å². The number of amides is 1. The molecule has 0 saturated carbocycles. The third-order valence-corrected chi connectivity index (χ3v) is 7.02. The molecule has 0 spiro atoms. The molecule has 0 bridgehead atoms. The molecule has 3 heterocycles. The molecule has 0 N–H and O–H groups in total. The molecular formula is C28H33N5O2. The smallest absolute Gasteiger partial charge is 0.263 e. The molecular weight excluding hydrogens is 438 g/mol. The molecule has 0 atom stereocenters. The number of carbonyl (C=O) groups excluding carboxylic acids is 1. The van der Waals surface area contributed by atoms with Gasteiger partial charge in [-0.1, -0.05) is 35.4 Å². The van der Waals surface area contributed by atoms with Crippen LogP contribution in [0.2, 0.25) is 0 Å². The largest absolute Gasteiger partial charge is 0.436 e. The molecule has 182 valence electrons. The maximum atomic E-state index is 13.3. The van der Waals surface area contributed by atoms with Crippen molar-refractivity contribution in [3.63, 3.8) is 0 Å². The molecule has 7 nitrogen and oxygen atoms in total. The first-order chi connectivity index (χ1) is 17.1. The molecule has 1 aromatic heterocycles. The van der Waals surface area contributed by atoms with Gasteiger partial charge in [0.1, 0.15) is 5.75 Å². The Bertz CT molecular complexity index is 1130. The van der Waals surface area contributed by atoms with Gasteiger partial charge in [0.2, 0.25) is 5.91 Å². The Hall–Kier alpha value is -3.61. The summed E-state index contributed by atoms with van der Waals surface area (Å²) >= 11 is 0. The maximum Gasteiger partial charge on any atom is 0.263 e. The number of carbonyl (C=O) groups is 1. The van der Waals surface area contributed by atoms with Gasteiger partial charge in [-0.25, -0.2) is 9.97 Å². The number of benzene rings is 2. The summed E-state index contributed by atoms with van der Waals surface area (Å²) in [6, 6.07) is 16.6. The number of aryl methyl sites for hydroxylation is 2. The standard InChI is InChI=1S/C28H33N5O2/c1-21-3-7-24(8-4-21)31-17-19-33(20-18-31)28(34)23-11-15-32(16-12-23)26-27(30-14-13-29-26)35-25-9-5-22(2)6-10-25/h3-10,13-14,23H,11-12,15-20H2,1-2H3. The Kier molecular flexibility index (Phi) is 6.84. The number of piperidine rings is 1. The van der Waals surface area contributed by atoms with Gasteiger partial charge in [0, 0.05) is 63.3 Å². The van der Waals surface area contributed by atoms with E-state index < -0.39 is 0 Å². The van der Waals surface area contributed by atoms with Crippen molar-refractivity contribution in [1.29, 1.82) is 0 Å². The van der Waals surface area contributed by atoms with Crippen molar-refractivity contribution in [3.05, 3.63) is 72.1 Å². The quantitative estimate of drug-likeness (QED) is 0.548. The van der Waals surface area contributed by atoms with Crippen LogP contribution in [0.3, 0.4) is 0 Å². The summed E-state index contributed by atoms with van der Waals surface area (Å²) in [6.07, 6.45) is 4.98. The SMILES string of the molecule is Cc1ccc(Oc2nccnc2N2CCC(C(=O)N3CCN(c4ccc(C)cc4)CC3)CC2)cc1. The number of nitrogens with zero attached hydrogens (tertiary/aromatic N) is 5. The summed E-state index contributed by atoms with van der Waals surface area (Å²) in [4.78, 5) is 28.9. The van der Waals surface area contributed by atoms with E-state index in [2.05, 4.69) is 55.9 Å². The van der Waals surface area contributed by atoms with Gasteiger partial charge in [0.15, 0.2) is 5.82 Å². The van der Waals surface area contributed by atoms with E-state index in [0.717, 1.165) is 63.7 Å². The van der Waals surface area contributed by atoms with E-state index in [1.54, 1.807) is 12.4 Å². The summed E-state index contributed by atoms with van der Waals surface area (Å²) < 4.78 is 6.05. The molecule has 3 aromatic rings. The van der Waals surface area contributed by atoms with Gasteiger partial charge in [0.25, 0.3) is 5.88 Å². The van der Waals surface area contributed by atoms with Gasteiger partial charge in [-0.2, -0.15) is 0 Å². The zero-order valence-corrected chi connectivity index (χ0v) is 20.6. The first kappa shape index (κ1) is 23.1. The van der Waals surface area contributed by atoms with Gasteiger partial charge in [-0.15, -0.1) is 0 Å². The Morgan fingerprint density at radius 1 is 0.771 bits per heavy atom. The maximum absolute atomic E-state index is 13.3. The lowest BCUT2D eigenvalue weighted by atomic mass is 9.95. The van der Waals surface area contributed by atoms with E-state index in [1.165, 1.54) is 16.8 Å². The van der Waals surface area contributed by atoms with Gasteiger partial charge < -0.3 is 19.4 Å². The van der Waals surface area contributed by atoms with Crippen molar-refractivity contribution in [2.45, 2.75) is 26.7 Å². The van der Waals surface area contributed by atoms with Crippen molar-refractivity contribution < 1.29 is 9.53 Å². The van der Waals surface area contributed by atoms with Crippen LogP contribution >= 0.6 is 0 Å². The van der Waals surface area contributed by atoms with Crippen LogP contribution in [0.5, 0.6) is 11.6 Å². The third kappa shape index (κ3) is 5.39. The molecule has 5 rings (SSSR count). The molecule has 1 amide bonds. The summed E-state index contributed by atoms with van der Waals surface area (Å²) in [6.45, 7) is 9.02. The molecule has 2 aliphatic heterocycles. The van der Waals surface area contributed by atoms with Gasteiger partial charge in [-0.3, -0.25) is 4.79 Å². The van der Waals surface area contributed by atoms with Crippen LogP contribution < -0.4 is 14.5 Å². The van der Waals surface area contributed by atoms with Crippen LogP contribution in [0, 0.1) is 19.8 Å². The first-order valence-corrected chi connectivity index (χ1v) is 12.5. The van der Waals surface area contributed by atoms with Crippen LogP contribution in [0.4, 0.5) is 11.5 Å². The minimum atomic E-state index is 0.0651. The van der Waals surface area contributed by atoms with E-state index in [0.29, 0.717) is 11.8 Å². The molecule has 2 saturated heterocycles. The highest BCUT2D eigenvalue weighted by molar-refractivity contribution is 5.79. The number of rotatable bonds is 5. The number of ether oxygens (including phenoxy) is 1. The van der Waals surface area contributed by atoms with E-state index in [4.69, 9.17) is 4.74 Å². The highest BCUT2D eigenvalue weighted by atomic mass is 16.5. The topological polar surface area (TPSA) is 61.8 Å². The van der Waals surface area contributed by atoms with Gasteiger partial charge >= 0.3 is 0 Å². The molecule has 2 aliphatic rings. The fourth-order valence-electron chi connectivity index (χ4n) is 4.86. The van der Waals surface area contributed by atoms with Crippen molar-refractivity contribution in [1.82, 2.24) is 14.9 Å². The van der Waals surface area contributed by atoms with Gasteiger partial charge in [0.05, 0.1) is 0 Å². The second-order valence-corrected chi connectivity index (χ2v) is 9.51. The number of piperazine rings is 1. The lowest BCUT2D eigenvalue weighted by Crippen LogP contribution is -2.51. The minimum Gasteiger partial charge on any atom is -0.436 e. The van der Waals surface area contributed by atoms with Crippen molar-refractivity contribution in [3.8, 4) is 11.6 Å². The average Bonchev–Trinajstić information content (AvgIpc) is 2.91. The van der Waals surface area contributed by atoms with Crippen LogP contribution in [0.15, 0.2) is 60.9 Å². The lowest BCUT2D eigenvalue weighted by Gasteiger charge is -2.39. The summed E-state index contributed by atoms with van der Waals surface area (Å²) in [5, 5.41) is 0. The number of aromatic nitrogens is 2. The van der Waals surface area contributed by atoms with E-state index in [-0.39, 0.29) is 5.92 Å². The van der Waals surface area contributed by atoms with Crippen LogP contribution in [-0.2, 0) is 4.79 Å². The van der Waals surface area contributed by atoms with Crippen molar-refractivity contribution in [2.24, 2.45) is 5.92 Å². The Morgan fingerprint density at radius 2 is 1.37 bits per heavy atom. The fourth-order valence-corrected chi connectivity index (χ4v) is 4.86. The normalized spacial score (nSPS) is 16.9. The third-order valence-electron chi connectivity index (χ3n) is 7.02. The number of hydrogen-bond donors (Lipinski definition) is 0. The van der Waals surface area contributed by atoms with Crippen molar-refractivity contribution >= 4 is 17.4 Å². The highest BCUT2D eigenvalue weighted by Gasteiger charge is 2.31. The Balaban J connectivity index is 1.16. The second-order valence-electron chi connectivity index (χ2n) is 9.51. The second kappa shape index (κ2) is 10.3. The summed E-state index contributed by atoms with van der Waals surface area (Å²) in [5.74, 6) is 2.35. The predicted molar refractivity (Wildman–Crippen MR) is 138 cm³/mol. The molecule has 7 heteroatoms. The monoisotopic (exact) mass is 471 g/mol. The van der Waals surface area contributed by atoms with E-state index in [9.17, 15) is 4.79 Å². The van der Waals surface area contributed by atoms with Crippen molar-refractivity contribution in [2.75, 3.05) is 49.1 Å². The molecule has 0 radical (unpaired) electrons. The minimum absolute atomic E-state index is 0.0651. The van der Waals surface area contributed by atoms with Gasteiger partial charge in [-0.05, 0) is 51.0 Å². The molecule has 35 heavy (non-hydrogen) atoms. The molecule has 2 aromatic carbocycles. The fraction of sp³-hybridized carbons (Fsp3) is 0.393. The summed E-state index contributed by atoms with van der Waals surface area (Å²) in [5.41, 5.74) is 3.69. The predicted octanol–water partition coefficient (Wildman–Crippen LogP) is 4.45. The zero-order chi connectivity index (χ0) is 24.2. The number of hydrogen-bond acceptors (Lipinski definition) is 6. The van der Waals surface area contributed by atoms with Crippen LogP contribution in [0.1, 0.15) is 24.0 Å². The van der Waals surface area contributed by atoms with Crippen LogP contribution in [-0.4, -0.2) is 60.0 Å². The Morgan fingerprint density at radius 3 is 2.03 bits per heavy atom. The van der Waals surface area contributed by atoms with Crippen LogP contribution in [0.25, 0.3) is 0 Å². The average molecular weight is 472 g/mol. The lowest BCUT2D eigenvalue weighted by molar-refractivity contribution is -0.136. The first-order valence-electron chi connectivity index (χ1n) is 12.5. The highest BCUT2D eigenvalue weighted by Crippen LogP contribution is 2.31. The molecule has 0 aliphatic carbocycles. The summed E-state index contributed by atoms with van der Waals surface area (Å²) in [7, 11) is 0. The molecule has 2 fully saturated rings. The zero-order valence-electron chi connectivity index (χ0n) is 20.6. The number of anilines is 2. The van der Waals surface area contributed by atoms with E-state index >= 15 is 0 Å². The molecule has 0 unspecified atom stereocenters.